The predicted molar refractivity (Wildman–Crippen MR) is 124 cm³/mol. The van der Waals surface area contributed by atoms with Crippen LogP contribution in [0.5, 0.6) is 5.75 Å². The molecular formula is C25H20N4O5. The van der Waals surface area contributed by atoms with Gasteiger partial charge in [-0.1, -0.05) is 0 Å². The van der Waals surface area contributed by atoms with Gasteiger partial charge in [-0.15, -0.1) is 0 Å². The molecule has 170 valence electrons. The number of esters is 1. The fraction of sp³-hybridized carbons (Fsp3) is 0.160. The molecule has 0 atom stereocenters. The Labute approximate surface area is 194 Å². The molecule has 34 heavy (non-hydrogen) atoms. The molecule has 0 aliphatic carbocycles. The molecule has 2 aromatic heterocycles. The molecule has 0 radical (unpaired) electrons. The normalized spacial score (nSPS) is 12.9. The number of benzene rings is 2. The summed E-state index contributed by atoms with van der Waals surface area (Å²) >= 11 is 0. The van der Waals surface area contributed by atoms with Gasteiger partial charge in [0.05, 0.1) is 41.5 Å². The maximum absolute atomic E-state index is 13.6. The van der Waals surface area contributed by atoms with E-state index in [2.05, 4.69) is 10.1 Å². The minimum Gasteiger partial charge on any atom is -0.497 e. The molecule has 0 saturated carbocycles. The van der Waals surface area contributed by atoms with Gasteiger partial charge in [0.25, 0.3) is 11.8 Å². The van der Waals surface area contributed by atoms with Gasteiger partial charge < -0.3 is 9.47 Å². The van der Waals surface area contributed by atoms with Gasteiger partial charge in [-0.2, -0.15) is 5.10 Å². The van der Waals surface area contributed by atoms with Crippen molar-refractivity contribution in [1.82, 2.24) is 14.8 Å². The Morgan fingerprint density at radius 2 is 1.71 bits per heavy atom. The van der Waals surface area contributed by atoms with Crippen LogP contribution in [0.25, 0.3) is 22.3 Å². The number of pyridine rings is 1. The van der Waals surface area contributed by atoms with Gasteiger partial charge in [0.15, 0.2) is 5.65 Å². The van der Waals surface area contributed by atoms with Gasteiger partial charge >= 0.3 is 5.97 Å². The van der Waals surface area contributed by atoms with Gasteiger partial charge in [0, 0.05) is 18.8 Å². The van der Waals surface area contributed by atoms with Crippen LogP contribution in [0.15, 0.2) is 54.7 Å². The van der Waals surface area contributed by atoms with E-state index >= 15 is 0 Å². The van der Waals surface area contributed by atoms with Crippen LogP contribution < -0.4 is 9.64 Å². The van der Waals surface area contributed by atoms with Crippen LogP contribution in [-0.2, 0) is 11.8 Å². The van der Waals surface area contributed by atoms with Gasteiger partial charge in [-0.05, 0) is 55.5 Å². The molecule has 0 N–H and O–H groups in total. The second kappa shape index (κ2) is 8.11. The van der Waals surface area contributed by atoms with Crippen molar-refractivity contribution in [3.05, 3.63) is 71.4 Å². The quantitative estimate of drug-likeness (QED) is 0.334. The summed E-state index contributed by atoms with van der Waals surface area (Å²) in [7, 11) is 3.32. The lowest BCUT2D eigenvalue weighted by Gasteiger charge is -2.14. The molecule has 1 aliphatic rings. The largest absolute Gasteiger partial charge is 0.497 e. The zero-order chi connectivity index (χ0) is 24.0. The molecule has 2 amide bonds. The number of rotatable bonds is 5. The summed E-state index contributed by atoms with van der Waals surface area (Å²) in [6.07, 6.45) is 1.41. The smallest absolute Gasteiger partial charge is 0.338 e. The molecule has 9 heteroatoms. The average Bonchev–Trinajstić information content (AvgIpc) is 3.33. The van der Waals surface area contributed by atoms with E-state index in [1.807, 2.05) is 12.1 Å². The number of aromatic nitrogens is 3. The van der Waals surface area contributed by atoms with Crippen molar-refractivity contribution in [2.24, 2.45) is 7.05 Å². The van der Waals surface area contributed by atoms with Crippen molar-refractivity contribution in [3.8, 4) is 17.0 Å². The van der Waals surface area contributed by atoms with Gasteiger partial charge in [-0.3, -0.25) is 9.59 Å². The Bertz CT molecular complexity index is 1460. The number of hydrogen-bond acceptors (Lipinski definition) is 7. The molecular weight excluding hydrogens is 436 g/mol. The van der Waals surface area contributed by atoms with Crippen LogP contribution in [0.1, 0.15) is 38.0 Å². The first kappa shape index (κ1) is 21.3. The van der Waals surface area contributed by atoms with Crippen LogP contribution in [0, 0.1) is 0 Å². The zero-order valence-electron chi connectivity index (χ0n) is 18.7. The summed E-state index contributed by atoms with van der Waals surface area (Å²) in [4.78, 5) is 44.3. The number of methoxy groups -OCH3 is 1. The number of nitrogens with zero attached hydrogens (tertiary/aromatic N) is 4. The molecule has 0 spiro atoms. The monoisotopic (exact) mass is 456 g/mol. The van der Waals surface area contributed by atoms with E-state index in [1.54, 1.807) is 50.0 Å². The topological polar surface area (TPSA) is 104 Å². The number of amides is 2. The number of aryl methyl sites for hydroxylation is 1. The van der Waals surface area contributed by atoms with E-state index in [-0.39, 0.29) is 17.7 Å². The fourth-order valence-electron chi connectivity index (χ4n) is 4.07. The summed E-state index contributed by atoms with van der Waals surface area (Å²) in [5.41, 5.74) is 2.94. The van der Waals surface area contributed by atoms with Crippen LogP contribution >= 0.6 is 0 Å². The standard InChI is InChI=1S/C25H20N4O5/c1-4-34-25(32)15-5-9-16(10-6-15)29-23(30)18-13-26-22-20(19(18)24(29)31)21(27-28(22)2)14-7-11-17(33-3)12-8-14/h5-13H,4H2,1-3H3. The van der Waals surface area contributed by atoms with E-state index in [9.17, 15) is 14.4 Å². The highest BCUT2D eigenvalue weighted by Gasteiger charge is 2.40. The number of anilines is 1. The molecule has 0 bridgehead atoms. The molecule has 9 nitrogen and oxygen atoms in total. The maximum atomic E-state index is 13.6. The molecule has 2 aromatic carbocycles. The van der Waals surface area contributed by atoms with Crippen molar-refractivity contribution in [1.29, 1.82) is 0 Å². The Balaban J connectivity index is 1.61. The summed E-state index contributed by atoms with van der Waals surface area (Å²) in [5, 5.41) is 5.09. The van der Waals surface area contributed by atoms with Crippen molar-refractivity contribution < 1.29 is 23.9 Å². The van der Waals surface area contributed by atoms with Gasteiger partial charge in [0.2, 0.25) is 0 Å². The lowest BCUT2D eigenvalue weighted by Crippen LogP contribution is -2.29. The van der Waals surface area contributed by atoms with Crippen LogP contribution in [0.3, 0.4) is 0 Å². The number of hydrogen-bond donors (Lipinski definition) is 0. The fourth-order valence-corrected chi connectivity index (χ4v) is 4.07. The third kappa shape index (κ3) is 3.21. The lowest BCUT2D eigenvalue weighted by atomic mass is 10.0. The Hall–Kier alpha value is -4.53. The van der Waals surface area contributed by atoms with Crippen LogP contribution in [0.2, 0.25) is 0 Å². The molecule has 3 heterocycles. The second-order valence-corrected chi connectivity index (χ2v) is 7.66. The number of imide groups is 1. The van der Waals surface area contributed by atoms with Gasteiger partial charge in [0.1, 0.15) is 11.4 Å². The molecule has 4 aromatic rings. The zero-order valence-corrected chi connectivity index (χ0v) is 18.7. The lowest BCUT2D eigenvalue weighted by molar-refractivity contribution is 0.0526. The number of ether oxygens (including phenoxy) is 2. The first-order valence-electron chi connectivity index (χ1n) is 10.6. The van der Waals surface area contributed by atoms with Gasteiger partial charge in [-0.25, -0.2) is 19.4 Å². The summed E-state index contributed by atoms with van der Waals surface area (Å²) in [6, 6.07) is 13.4. The highest BCUT2D eigenvalue weighted by Crippen LogP contribution is 2.37. The molecule has 0 fully saturated rings. The Kier molecular flexibility index (Phi) is 5.09. The first-order valence-corrected chi connectivity index (χ1v) is 10.6. The summed E-state index contributed by atoms with van der Waals surface area (Å²) in [6.45, 7) is 1.97. The number of carbonyl (C=O) groups is 3. The van der Waals surface area contributed by atoms with Crippen molar-refractivity contribution in [2.75, 3.05) is 18.6 Å². The highest BCUT2D eigenvalue weighted by molar-refractivity contribution is 6.38. The van der Waals surface area contributed by atoms with Crippen molar-refractivity contribution in [3.63, 3.8) is 0 Å². The van der Waals surface area contributed by atoms with E-state index in [0.717, 1.165) is 10.5 Å². The Morgan fingerprint density at radius 1 is 1.00 bits per heavy atom. The van der Waals surface area contributed by atoms with Crippen LogP contribution in [0.4, 0.5) is 5.69 Å². The van der Waals surface area contributed by atoms with E-state index in [4.69, 9.17) is 9.47 Å². The average molecular weight is 456 g/mol. The van der Waals surface area contributed by atoms with Crippen LogP contribution in [-0.4, -0.2) is 46.3 Å². The summed E-state index contributed by atoms with van der Waals surface area (Å²) in [5.74, 6) is -0.736. The minimum absolute atomic E-state index is 0.203. The molecule has 5 rings (SSSR count). The molecule has 0 saturated heterocycles. The van der Waals surface area contributed by atoms with Crippen molar-refractivity contribution in [2.45, 2.75) is 6.92 Å². The highest BCUT2D eigenvalue weighted by atomic mass is 16.5. The SMILES string of the molecule is CCOC(=O)c1ccc(N2C(=O)c3cnc4c(c(-c5ccc(OC)cc5)nn4C)c3C2=O)cc1. The predicted octanol–water partition coefficient (Wildman–Crippen LogP) is 3.62. The molecule has 0 unspecified atom stereocenters. The minimum atomic E-state index is -0.484. The maximum Gasteiger partial charge on any atom is 0.338 e. The number of carbonyl (C=O) groups excluding carboxylic acids is 3. The van der Waals surface area contributed by atoms with E-state index in [1.165, 1.54) is 18.3 Å². The van der Waals surface area contributed by atoms with E-state index in [0.29, 0.717) is 33.7 Å². The first-order chi connectivity index (χ1) is 16.4. The second-order valence-electron chi connectivity index (χ2n) is 7.66. The third-order valence-electron chi connectivity index (χ3n) is 5.70. The summed E-state index contributed by atoms with van der Waals surface area (Å²) < 4.78 is 11.8. The van der Waals surface area contributed by atoms with Crippen molar-refractivity contribution >= 4 is 34.5 Å². The van der Waals surface area contributed by atoms with E-state index < -0.39 is 17.8 Å². The third-order valence-corrected chi connectivity index (χ3v) is 5.70. The molecule has 1 aliphatic heterocycles. The Morgan fingerprint density at radius 3 is 2.35 bits per heavy atom. The number of fused-ring (bicyclic) bond motifs is 3.